The maximum absolute atomic E-state index is 12.6. The number of thioether (sulfide) groups is 1. The first kappa shape index (κ1) is 14.8. The van der Waals surface area contributed by atoms with Crippen molar-refractivity contribution in [1.82, 2.24) is 9.80 Å². The second-order valence-corrected chi connectivity index (χ2v) is 6.95. The van der Waals surface area contributed by atoms with Crippen molar-refractivity contribution in [1.29, 1.82) is 0 Å². The van der Waals surface area contributed by atoms with Crippen LogP contribution in [0.2, 0.25) is 0 Å². The van der Waals surface area contributed by atoms with Crippen molar-refractivity contribution in [2.24, 2.45) is 4.99 Å². The zero-order chi connectivity index (χ0) is 14.7. The van der Waals surface area contributed by atoms with E-state index in [1.54, 1.807) is 23.1 Å². The summed E-state index contributed by atoms with van der Waals surface area (Å²) in [6.45, 7) is 2.82. The Balaban J connectivity index is 1.75. The third-order valence-electron chi connectivity index (χ3n) is 3.71. The van der Waals surface area contributed by atoms with E-state index in [1.165, 1.54) is 19.3 Å². The molecule has 0 spiro atoms. The standard InChI is InChI=1S/C15H19N3OS2/c1-20-15-16-13(10-12-6-5-9-21-12)14(19)18(15)11-17-7-3-2-4-8-17/h5-6,9-10H,2-4,7-8,11H2,1H3/b13-10+. The Morgan fingerprint density at radius 3 is 2.86 bits per heavy atom. The quantitative estimate of drug-likeness (QED) is 0.803. The summed E-state index contributed by atoms with van der Waals surface area (Å²) in [5, 5.41) is 2.82. The summed E-state index contributed by atoms with van der Waals surface area (Å²) in [6.07, 6.45) is 7.62. The van der Waals surface area contributed by atoms with E-state index in [9.17, 15) is 4.79 Å². The van der Waals surface area contributed by atoms with E-state index >= 15 is 0 Å². The van der Waals surface area contributed by atoms with Crippen LogP contribution >= 0.6 is 23.1 Å². The average Bonchev–Trinajstić information content (AvgIpc) is 3.12. The first-order valence-corrected chi connectivity index (χ1v) is 9.30. The van der Waals surface area contributed by atoms with Crippen molar-refractivity contribution in [3.63, 3.8) is 0 Å². The molecular formula is C15H19N3OS2. The van der Waals surface area contributed by atoms with Crippen molar-refractivity contribution in [2.45, 2.75) is 19.3 Å². The zero-order valence-corrected chi connectivity index (χ0v) is 13.8. The largest absolute Gasteiger partial charge is 0.286 e. The van der Waals surface area contributed by atoms with Crippen LogP contribution in [-0.2, 0) is 4.79 Å². The molecule has 3 heterocycles. The molecule has 1 fully saturated rings. The fourth-order valence-corrected chi connectivity index (χ4v) is 3.82. The number of hydrogen-bond donors (Lipinski definition) is 0. The molecule has 0 aliphatic carbocycles. The molecule has 0 N–H and O–H groups in total. The van der Waals surface area contributed by atoms with E-state index in [1.807, 2.05) is 34.7 Å². The second kappa shape index (κ2) is 6.77. The summed E-state index contributed by atoms with van der Waals surface area (Å²) in [5.74, 6) is 0.0262. The first-order chi connectivity index (χ1) is 10.3. The molecule has 0 radical (unpaired) electrons. The van der Waals surface area contributed by atoms with Gasteiger partial charge >= 0.3 is 0 Å². The van der Waals surface area contributed by atoms with E-state index < -0.39 is 0 Å². The number of carbonyl (C=O) groups is 1. The molecule has 0 saturated carbocycles. The number of hydrogen-bond acceptors (Lipinski definition) is 5. The molecular weight excluding hydrogens is 302 g/mol. The lowest BCUT2D eigenvalue weighted by molar-refractivity contribution is -0.124. The normalized spacial score (nSPS) is 22.1. The molecule has 1 amide bonds. The fraction of sp³-hybridized carbons (Fsp3) is 0.467. The molecule has 0 bridgehead atoms. The maximum atomic E-state index is 12.6. The topological polar surface area (TPSA) is 35.9 Å². The van der Waals surface area contributed by atoms with Crippen molar-refractivity contribution < 1.29 is 4.79 Å². The lowest BCUT2D eigenvalue weighted by Crippen LogP contribution is -2.43. The number of aliphatic imine (C=N–C) groups is 1. The minimum atomic E-state index is 0.0262. The molecule has 0 unspecified atom stereocenters. The molecule has 112 valence electrons. The van der Waals surface area contributed by atoms with Crippen LogP contribution in [0.15, 0.2) is 28.2 Å². The first-order valence-electron chi connectivity index (χ1n) is 7.20. The molecule has 1 aromatic heterocycles. The van der Waals surface area contributed by atoms with Gasteiger partial charge in [0.15, 0.2) is 5.17 Å². The smallest absolute Gasteiger partial charge is 0.279 e. The van der Waals surface area contributed by atoms with Gasteiger partial charge in [-0.25, -0.2) is 4.99 Å². The van der Waals surface area contributed by atoms with Crippen LogP contribution < -0.4 is 0 Å². The van der Waals surface area contributed by atoms with E-state index in [2.05, 4.69) is 9.89 Å². The average molecular weight is 321 g/mol. The summed E-state index contributed by atoms with van der Waals surface area (Å²) in [7, 11) is 0. The molecule has 2 aliphatic rings. The van der Waals surface area contributed by atoms with Crippen LogP contribution in [-0.4, -0.2) is 46.9 Å². The summed E-state index contributed by atoms with van der Waals surface area (Å²) >= 11 is 3.16. The Hall–Kier alpha value is -1.11. The molecule has 0 aromatic carbocycles. The Bertz CT molecular complexity index is 559. The van der Waals surface area contributed by atoms with Crippen LogP contribution in [0.3, 0.4) is 0 Å². The van der Waals surface area contributed by atoms with E-state index in [0.29, 0.717) is 12.4 Å². The summed E-state index contributed by atoms with van der Waals surface area (Å²) in [5.41, 5.74) is 0.554. The number of nitrogens with zero attached hydrogens (tertiary/aromatic N) is 3. The van der Waals surface area contributed by atoms with Gasteiger partial charge in [-0.15, -0.1) is 11.3 Å². The van der Waals surface area contributed by atoms with Gasteiger partial charge in [0, 0.05) is 4.88 Å². The van der Waals surface area contributed by atoms with Crippen molar-refractivity contribution in [3.8, 4) is 0 Å². The molecule has 3 rings (SSSR count). The number of amidine groups is 1. The van der Waals surface area contributed by atoms with E-state index in [-0.39, 0.29) is 5.91 Å². The monoisotopic (exact) mass is 321 g/mol. The Kier molecular flexibility index (Phi) is 4.77. The summed E-state index contributed by atoms with van der Waals surface area (Å²) < 4.78 is 0. The van der Waals surface area contributed by atoms with Gasteiger partial charge in [0.05, 0.1) is 6.67 Å². The zero-order valence-electron chi connectivity index (χ0n) is 12.1. The van der Waals surface area contributed by atoms with Gasteiger partial charge in [-0.2, -0.15) is 0 Å². The van der Waals surface area contributed by atoms with Gasteiger partial charge in [-0.1, -0.05) is 24.2 Å². The van der Waals surface area contributed by atoms with Gasteiger partial charge in [-0.3, -0.25) is 14.6 Å². The maximum Gasteiger partial charge on any atom is 0.279 e. The summed E-state index contributed by atoms with van der Waals surface area (Å²) in [6, 6.07) is 3.99. The predicted molar refractivity (Wildman–Crippen MR) is 90.4 cm³/mol. The van der Waals surface area contributed by atoms with Crippen molar-refractivity contribution in [3.05, 3.63) is 28.1 Å². The molecule has 4 nitrogen and oxygen atoms in total. The number of amides is 1. The second-order valence-electron chi connectivity index (χ2n) is 5.20. The lowest BCUT2D eigenvalue weighted by atomic mass is 10.1. The van der Waals surface area contributed by atoms with Gasteiger partial charge < -0.3 is 0 Å². The van der Waals surface area contributed by atoms with E-state index in [4.69, 9.17) is 0 Å². The molecule has 0 atom stereocenters. The number of rotatable bonds is 3. The molecule has 2 aliphatic heterocycles. The third kappa shape index (κ3) is 3.39. The van der Waals surface area contributed by atoms with Gasteiger partial charge in [-0.05, 0) is 49.7 Å². The van der Waals surface area contributed by atoms with Gasteiger partial charge in [0.25, 0.3) is 5.91 Å². The highest BCUT2D eigenvalue weighted by Crippen LogP contribution is 2.25. The van der Waals surface area contributed by atoms with Crippen LogP contribution in [0.5, 0.6) is 0 Å². The molecule has 1 saturated heterocycles. The molecule has 1 aromatic rings. The van der Waals surface area contributed by atoms with Crippen molar-refractivity contribution >= 4 is 40.2 Å². The Labute approximate surface area is 133 Å². The third-order valence-corrected chi connectivity index (χ3v) is 5.20. The van der Waals surface area contributed by atoms with Crippen LogP contribution in [0, 0.1) is 0 Å². The molecule has 21 heavy (non-hydrogen) atoms. The number of carbonyl (C=O) groups excluding carboxylic acids is 1. The molecule has 6 heteroatoms. The van der Waals surface area contributed by atoms with Gasteiger partial charge in [0.2, 0.25) is 0 Å². The Morgan fingerprint density at radius 2 is 2.19 bits per heavy atom. The van der Waals surface area contributed by atoms with Crippen molar-refractivity contribution in [2.75, 3.05) is 26.0 Å². The Morgan fingerprint density at radius 1 is 1.38 bits per heavy atom. The highest BCUT2D eigenvalue weighted by molar-refractivity contribution is 8.13. The number of thiophene rings is 1. The lowest BCUT2D eigenvalue weighted by Gasteiger charge is -2.30. The van der Waals surface area contributed by atoms with E-state index in [0.717, 1.165) is 23.1 Å². The van der Waals surface area contributed by atoms with Crippen LogP contribution in [0.1, 0.15) is 24.1 Å². The number of likely N-dealkylation sites (tertiary alicyclic amines) is 1. The highest BCUT2D eigenvalue weighted by Gasteiger charge is 2.31. The van der Waals surface area contributed by atoms with Crippen LogP contribution in [0.4, 0.5) is 0 Å². The SMILES string of the molecule is CSC1=N/C(=C/c2cccs2)C(=O)N1CN1CCCCC1. The summed E-state index contributed by atoms with van der Waals surface area (Å²) in [4.78, 5) is 22.3. The van der Waals surface area contributed by atoms with Gasteiger partial charge in [0.1, 0.15) is 5.70 Å². The number of piperidine rings is 1. The fourth-order valence-electron chi connectivity index (χ4n) is 2.62. The predicted octanol–water partition coefficient (Wildman–Crippen LogP) is 3.09. The minimum Gasteiger partial charge on any atom is -0.286 e. The highest BCUT2D eigenvalue weighted by atomic mass is 32.2. The van der Waals surface area contributed by atoms with Crippen LogP contribution in [0.25, 0.3) is 6.08 Å². The minimum absolute atomic E-state index is 0.0262.